The summed E-state index contributed by atoms with van der Waals surface area (Å²) in [7, 11) is -10.3. The molecule has 13 heteroatoms. The standard InChI is InChI=1S/C5H12O11P2/c6-1-3(8)5(16-18(12,13)14)4(2-7)15-17(9,10)11/h2-6,8H,1H2,(H2,9,10,11)(H2,12,13,14)/t3-,4-,5+/m0/s1. The summed E-state index contributed by atoms with van der Waals surface area (Å²) in [6, 6.07) is 0. The van der Waals surface area contributed by atoms with Gasteiger partial charge in [0.15, 0.2) is 12.4 Å². The van der Waals surface area contributed by atoms with Crippen molar-refractivity contribution < 1.29 is 52.8 Å². The molecule has 3 atom stereocenters. The van der Waals surface area contributed by atoms with Gasteiger partial charge in [-0.15, -0.1) is 0 Å². The minimum Gasteiger partial charge on any atom is -0.394 e. The summed E-state index contributed by atoms with van der Waals surface area (Å²) < 4.78 is 28.9. The van der Waals surface area contributed by atoms with Gasteiger partial charge >= 0.3 is 15.6 Å². The van der Waals surface area contributed by atoms with E-state index in [0.29, 0.717) is 0 Å². The zero-order chi connectivity index (χ0) is 14.6. The van der Waals surface area contributed by atoms with E-state index in [1.165, 1.54) is 0 Å². The third-order valence-corrected chi connectivity index (χ3v) is 2.58. The van der Waals surface area contributed by atoms with Gasteiger partial charge in [0, 0.05) is 0 Å². The Bertz CT molecular complexity index is 356. The SMILES string of the molecule is O=C[C@H](OP(=O)(O)O)[C@H](OP(=O)(O)O)[C@@H](O)CO. The molecule has 0 fully saturated rings. The Morgan fingerprint density at radius 1 is 1.06 bits per heavy atom. The van der Waals surface area contributed by atoms with Crippen molar-refractivity contribution in [1.29, 1.82) is 0 Å². The fourth-order valence-corrected chi connectivity index (χ4v) is 2.00. The van der Waals surface area contributed by atoms with Crippen molar-refractivity contribution in [3.8, 4) is 0 Å². The molecule has 0 aliphatic rings. The molecule has 0 rings (SSSR count). The second kappa shape index (κ2) is 6.83. The summed E-state index contributed by atoms with van der Waals surface area (Å²) in [5.41, 5.74) is 0. The molecule has 0 spiro atoms. The van der Waals surface area contributed by atoms with E-state index >= 15 is 0 Å². The zero-order valence-electron chi connectivity index (χ0n) is 8.64. The second-order valence-electron chi connectivity index (χ2n) is 3.01. The highest BCUT2D eigenvalue weighted by atomic mass is 31.2. The Morgan fingerprint density at radius 2 is 1.50 bits per heavy atom. The Hall–Kier alpha value is -0.190. The maximum Gasteiger partial charge on any atom is 0.470 e. The number of phosphoric acid groups is 2. The summed E-state index contributed by atoms with van der Waals surface area (Å²) >= 11 is 0. The van der Waals surface area contributed by atoms with Crippen LogP contribution in [0.5, 0.6) is 0 Å². The zero-order valence-corrected chi connectivity index (χ0v) is 10.4. The molecule has 0 bridgehead atoms. The van der Waals surface area contributed by atoms with E-state index < -0.39 is 40.6 Å². The van der Waals surface area contributed by atoms with Crippen LogP contribution in [0.1, 0.15) is 0 Å². The van der Waals surface area contributed by atoms with E-state index in [0.717, 1.165) is 0 Å². The van der Waals surface area contributed by atoms with Crippen molar-refractivity contribution in [2.24, 2.45) is 0 Å². The summed E-state index contributed by atoms with van der Waals surface area (Å²) in [6.07, 6.45) is -6.57. The number of hydrogen-bond donors (Lipinski definition) is 6. The Kier molecular flexibility index (Phi) is 6.75. The summed E-state index contributed by atoms with van der Waals surface area (Å²) in [6.45, 7) is -1.08. The van der Waals surface area contributed by atoms with E-state index in [1.54, 1.807) is 0 Å². The highest BCUT2D eigenvalue weighted by molar-refractivity contribution is 7.46. The largest absolute Gasteiger partial charge is 0.470 e. The monoisotopic (exact) mass is 310 g/mol. The van der Waals surface area contributed by atoms with E-state index in [-0.39, 0.29) is 6.29 Å². The summed E-state index contributed by atoms with van der Waals surface area (Å²) in [5, 5.41) is 17.8. The van der Waals surface area contributed by atoms with Gasteiger partial charge in [-0.05, 0) is 0 Å². The number of phosphoric ester groups is 2. The smallest absolute Gasteiger partial charge is 0.394 e. The number of carbonyl (C=O) groups excluding carboxylic acids is 1. The molecule has 0 radical (unpaired) electrons. The van der Waals surface area contributed by atoms with Gasteiger partial charge < -0.3 is 34.6 Å². The van der Waals surface area contributed by atoms with Crippen LogP contribution in [0, 0.1) is 0 Å². The van der Waals surface area contributed by atoms with Gasteiger partial charge in [0.2, 0.25) is 0 Å². The summed E-state index contributed by atoms with van der Waals surface area (Å²) in [4.78, 5) is 44.5. The number of hydrogen-bond acceptors (Lipinski definition) is 7. The minimum atomic E-state index is -5.18. The highest BCUT2D eigenvalue weighted by Crippen LogP contribution is 2.43. The molecule has 6 N–H and O–H groups in total. The van der Waals surface area contributed by atoms with Crippen molar-refractivity contribution >= 4 is 21.9 Å². The Labute approximate surface area is 100 Å². The van der Waals surface area contributed by atoms with Crippen LogP contribution in [0.25, 0.3) is 0 Å². The van der Waals surface area contributed by atoms with Crippen molar-refractivity contribution in [2.75, 3.05) is 6.61 Å². The number of rotatable bonds is 8. The van der Waals surface area contributed by atoms with Crippen LogP contribution >= 0.6 is 15.6 Å². The Morgan fingerprint density at radius 3 is 1.78 bits per heavy atom. The van der Waals surface area contributed by atoms with E-state index in [9.17, 15) is 13.9 Å². The number of aliphatic hydroxyl groups excluding tert-OH is 2. The lowest BCUT2D eigenvalue weighted by Gasteiger charge is -2.26. The molecule has 11 nitrogen and oxygen atoms in total. The van der Waals surface area contributed by atoms with Crippen molar-refractivity contribution in [2.45, 2.75) is 18.3 Å². The van der Waals surface area contributed by atoms with E-state index in [4.69, 9.17) is 29.8 Å². The fraction of sp³-hybridized carbons (Fsp3) is 0.800. The van der Waals surface area contributed by atoms with Crippen LogP contribution in [-0.2, 0) is 23.0 Å². The quantitative estimate of drug-likeness (QED) is 0.205. The molecule has 0 aliphatic carbocycles. The predicted octanol–water partition coefficient (Wildman–Crippen LogP) is -2.51. The first-order valence-corrected chi connectivity index (χ1v) is 7.28. The van der Waals surface area contributed by atoms with Crippen LogP contribution in [0.15, 0.2) is 0 Å². The molecular weight excluding hydrogens is 298 g/mol. The molecule has 18 heavy (non-hydrogen) atoms. The second-order valence-corrected chi connectivity index (χ2v) is 5.39. The molecule has 0 aromatic rings. The molecule has 0 heterocycles. The normalized spacial score (nSPS) is 18.1. The molecular formula is C5H12O11P2. The van der Waals surface area contributed by atoms with Gasteiger partial charge in [0.25, 0.3) is 0 Å². The lowest BCUT2D eigenvalue weighted by molar-refractivity contribution is -0.125. The number of aliphatic hydroxyl groups is 2. The van der Waals surface area contributed by atoms with Gasteiger partial charge in [-0.25, -0.2) is 9.13 Å². The minimum absolute atomic E-state index is 0.238. The predicted molar refractivity (Wildman–Crippen MR) is 53.0 cm³/mol. The van der Waals surface area contributed by atoms with Gasteiger partial charge in [-0.2, -0.15) is 0 Å². The van der Waals surface area contributed by atoms with Crippen LogP contribution in [0.3, 0.4) is 0 Å². The van der Waals surface area contributed by atoms with Crippen LogP contribution in [0.2, 0.25) is 0 Å². The topological polar surface area (TPSA) is 191 Å². The van der Waals surface area contributed by atoms with Gasteiger partial charge in [-0.3, -0.25) is 9.05 Å². The summed E-state index contributed by atoms with van der Waals surface area (Å²) in [5.74, 6) is 0. The van der Waals surface area contributed by atoms with Crippen LogP contribution in [-0.4, -0.2) is 61.0 Å². The lowest BCUT2D eigenvalue weighted by Crippen LogP contribution is -2.43. The highest BCUT2D eigenvalue weighted by Gasteiger charge is 2.38. The first kappa shape index (κ1) is 17.8. The molecule has 0 saturated heterocycles. The van der Waals surface area contributed by atoms with Crippen molar-refractivity contribution in [3.63, 3.8) is 0 Å². The average Bonchev–Trinajstić information content (AvgIpc) is 2.19. The fourth-order valence-electron chi connectivity index (χ4n) is 0.932. The van der Waals surface area contributed by atoms with E-state index in [2.05, 4.69) is 9.05 Å². The Balaban J connectivity index is 5.08. The maximum atomic E-state index is 10.6. The molecule has 0 aliphatic heterocycles. The lowest BCUT2D eigenvalue weighted by atomic mass is 10.1. The molecule has 0 saturated carbocycles. The molecule has 0 unspecified atom stereocenters. The van der Waals surface area contributed by atoms with Crippen LogP contribution in [0.4, 0.5) is 0 Å². The van der Waals surface area contributed by atoms with Gasteiger partial charge in [-0.1, -0.05) is 0 Å². The third-order valence-electron chi connectivity index (χ3n) is 1.54. The first-order chi connectivity index (χ1) is 8.00. The van der Waals surface area contributed by atoms with Crippen molar-refractivity contribution in [3.05, 3.63) is 0 Å². The number of carbonyl (C=O) groups is 1. The van der Waals surface area contributed by atoms with Gasteiger partial charge in [0.1, 0.15) is 12.2 Å². The molecule has 0 aromatic carbocycles. The molecule has 0 amide bonds. The number of aldehydes is 1. The molecule has 108 valence electrons. The van der Waals surface area contributed by atoms with Gasteiger partial charge in [0.05, 0.1) is 6.61 Å². The van der Waals surface area contributed by atoms with E-state index in [1.807, 2.05) is 0 Å². The molecule has 0 aromatic heterocycles. The maximum absolute atomic E-state index is 10.6. The van der Waals surface area contributed by atoms with Crippen LogP contribution < -0.4 is 0 Å². The van der Waals surface area contributed by atoms with Crippen molar-refractivity contribution in [1.82, 2.24) is 0 Å². The third kappa shape index (κ3) is 7.29. The first-order valence-electron chi connectivity index (χ1n) is 4.22. The average molecular weight is 310 g/mol.